The van der Waals surface area contributed by atoms with Crippen LogP contribution in [-0.4, -0.2) is 49.1 Å². The first kappa shape index (κ1) is 24.9. The van der Waals surface area contributed by atoms with Crippen molar-refractivity contribution >= 4 is 28.6 Å². The molecule has 1 aliphatic rings. The zero-order valence-electron chi connectivity index (χ0n) is 21.6. The van der Waals surface area contributed by atoms with Gasteiger partial charge in [0.05, 0.1) is 17.6 Å². The Morgan fingerprint density at radius 3 is 2.79 bits per heavy atom. The number of nitrogens with one attached hydrogen (secondary N) is 2. The molecular formula is C31H28F2N6. The van der Waals surface area contributed by atoms with Gasteiger partial charge >= 0.3 is 0 Å². The molecule has 6 rings (SSSR count). The SMILES string of the molecule is C=C(/C=c1/c(-c2cc3c(-c4cccnc4)cccc3[nH]2)n[nH]/c1=C/C)c1cncc(CN2CCC(F)(F)C2)c1. The molecule has 1 aliphatic heterocycles. The second-order valence-corrected chi connectivity index (χ2v) is 9.95. The summed E-state index contributed by atoms with van der Waals surface area (Å²) in [7, 11) is 0. The summed E-state index contributed by atoms with van der Waals surface area (Å²) >= 11 is 0. The lowest BCUT2D eigenvalue weighted by Crippen LogP contribution is -2.25. The van der Waals surface area contributed by atoms with Crippen molar-refractivity contribution in [3.8, 4) is 22.5 Å². The number of rotatable bonds is 6. The van der Waals surface area contributed by atoms with Crippen LogP contribution in [0, 0.1) is 0 Å². The van der Waals surface area contributed by atoms with E-state index in [1.165, 1.54) is 0 Å². The monoisotopic (exact) mass is 522 g/mol. The van der Waals surface area contributed by atoms with Crippen LogP contribution in [0.1, 0.15) is 24.5 Å². The summed E-state index contributed by atoms with van der Waals surface area (Å²) in [6.45, 7) is 6.85. The summed E-state index contributed by atoms with van der Waals surface area (Å²) < 4.78 is 27.3. The summed E-state index contributed by atoms with van der Waals surface area (Å²) in [4.78, 5) is 13.9. The Morgan fingerprint density at radius 1 is 1.13 bits per heavy atom. The minimum Gasteiger partial charge on any atom is -0.353 e. The van der Waals surface area contributed by atoms with Crippen LogP contribution in [0.3, 0.4) is 0 Å². The van der Waals surface area contributed by atoms with E-state index in [1.54, 1.807) is 23.5 Å². The van der Waals surface area contributed by atoms with E-state index in [4.69, 9.17) is 0 Å². The molecule has 5 heterocycles. The van der Waals surface area contributed by atoms with Gasteiger partial charge in [-0.05, 0) is 59.5 Å². The Bertz CT molecular complexity index is 1780. The molecule has 8 heteroatoms. The number of fused-ring (bicyclic) bond motifs is 1. The number of pyridine rings is 2. The van der Waals surface area contributed by atoms with Crippen LogP contribution >= 0.6 is 0 Å². The predicted octanol–water partition coefficient (Wildman–Crippen LogP) is 5.15. The fourth-order valence-corrected chi connectivity index (χ4v) is 5.20. The zero-order chi connectivity index (χ0) is 27.0. The van der Waals surface area contributed by atoms with Gasteiger partial charge in [0.25, 0.3) is 5.92 Å². The molecule has 5 aromatic rings. The lowest BCUT2D eigenvalue weighted by Gasteiger charge is -2.15. The molecule has 0 bridgehead atoms. The summed E-state index contributed by atoms with van der Waals surface area (Å²) in [6.07, 6.45) is 11.0. The normalized spacial score (nSPS) is 16.4. The Morgan fingerprint density at radius 2 is 2.03 bits per heavy atom. The maximum atomic E-state index is 13.6. The molecule has 0 saturated carbocycles. The van der Waals surface area contributed by atoms with Crippen LogP contribution in [0.5, 0.6) is 0 Å². The smallest absolute Gasteiger partial charge is 0.261 e. The molecule has 39 heavy (non-hydrogen) atoms. The molecule has 6 nitrogen and oxygen atoms in total. The molecule has 196 valence electrons. The van der Waals surface area contributed by atoms with Crippen molar-refractivity contribution in [3.63, 3.8) is 0 Å². The molecule has 1 saturated heterocycles. The van der Waals surface area contributed by atoms with Crippen molar-refractivity contribution in [2.24, 2.45) is 0 Å². The van der Waals surface area contributed by atoms with Gasteiger partial charge in [0.2, 0.25) is 0 Å². The Balaban J connectivity index is 1.36. The predicted molar refractivity (Wildman–Crippen MR) is 151 cm³/mol. The van der Waals surface area contributed by atoms with Crippen LogP contribution in [-0.2, 0) is 6.54 Å². The first-order valence-electron chi connectivity index (χ1n) is 12.9. The number of halogens is 2. The molecule has 1 fully saturated rings. The van der Waals surface area contributed by atoms with Crippen molar-refractivity contribution in [2.75, 3.05) is 13.1 Å². The topological polar surface area (TPSA) is 73.5 Å². The number of nitrogens with zero attached hydrogens (tertiary/aromatic N) is 4. The standard InChI is InChI=1S/C31H28F2N6/c1-3-27-26(12-20(2)23-13-21(15-35-17-23)18-39-11-9-31(32,33)19-39)30(38-37-27)29-14-25-24(7-4-8-28(25)36-29)22-6-5-10-34-16-22/h3-8,10,12-17,36-37H,2,9,11,18-19H2,1H3/b26-12+,27-3+. The number of benzene rings is 1. The van der Waals surface area contributed by atoms with Crippen LogP contribution in [0.2, 0.25) is 0 Å². The van der Waals surface area contributed by atoms with E-state index in [0.717, 1.165) is 60.7 Å². The van der Waals surface area contributed by atoms with Crippen LogP contribution in [0.15, 0.2) is 73.8 Å². The van der Waals surface area contributed by atoms with Crippen molar-refractivity contribution in [1.82, 2.24) is 30.0 Å². The van der Waals surface area contributed by atoms with E-state index < -0.39 is 5.92 Å². The first-order valence-corrected chi connectivity index (χ1v) is 12.9. The first-order chi connectivity index (χ1) is 18.9. The number of H-pyrrole nitrogens is 2. The van der Waals surface area contributed by atoms with E-state index in [1.807, 2.05) is 55.6 Å². The van der Waals surface area contributed by atoms with Gasteiger partial charge in [0.1, 0.15) is 5.69 Å². The molecular weight excluding hydrogens is 494 g/mol. The Kier molecular flexibility index (Phi) is 6.40. The van der Waals surface area contributed by atoms with Crippen molar-refractivity contribution in [3.05, 3.63) is 95.5 Å². The average Bonchev–Trinajstić information content (AvgIpc) is 3.65. The van der Waals surface area contributed by atoms with Gasteiger partial charge in [-0.15, -0.1) is 0 Å². The van der Waals surface area contributed by atoms with Gasteiger partial charge < -0.3 is 4.98 Å². The maximum Gasteiger partial charge on any atom is 0.261 e. The molecule has 2 N–H and O–H groups in total. The summed E-state index contributed by atoms with van der Waals surface area (Å²) in [5, 5.41) is 10.6. The molecule has 0 unspecified atom stereocenters. The largest absolute Gasteiger partial charge is 0.353 e. The summed E-state index contributed by atoms with van der Waals surface area (Å²) in [5.41, 5.74) is 7.28. The van der Waals surface area contributed by atoms with E-state index in [0.29, 0.717) is 13.1 Å². The highest BCUT2D eigenvalue weighted by atomic mass is 19.3. The van der Waals surface area contributed by atoms with E-state index in [9.17, 15) is 8.78 Å². The third-order valence-electron chi connectivity index (χ3n) is 7.15. The summed E-state index contributed by atoms with van der Waals surface area (Å²) in [6, 6.07) is 14.2. The van der Waals surface area contributed by atoms with Gasteiger partial charge in [-0.2, -0.15) is 5.10 Å². The second-order valence-electron chi connectivity index (χ2n) is 9.95. The molecule has 0 spiro atoms. The van der Waals surface area contributed by atoms with Gasteiger partial charge in [0.15, 0.2) is 0 Å². The zero-order valence-corrected chi connectivity index (χ0v) is 21.6. The number of aromatic nitrogens is 5. The van der Waals surface area contributed by atoms with Crippen molar-refractivity contribution in [2.45, 2.75) is 25.8 Å². The molecule has 0 atom stereocenters. The van der Waals surface area contributed by atoms with Gasteiger partial charge in [-0.1, -0.05) is 30.9 Å². The van der Waals surface area contributed by atoms with Crippen LogP contribution < -0.4 is 10.6 Å². The minimum atomic E-state index is -2.62. The van der Waals surface area contributed by atoms with E-state index in [-0.39, 0.29) is 13.0 Å². The highest BCUT2D eigenvalue weighted by Crippen LogP contribution is 2.31. The number of aromatic amines is 2. The Hall–Kier alpha value is -4.43. The summed E-state index contributed by atoms with van der Waals surface area (Å²) in [5.74, 6) is -2.62. The van der Waals surface area contributed by atoms with Crippen LogP contribution in [0.25, 0.3) is 51.1 Å². The minimum absolute atomic E-state index is 0.0996. The van der Waals surface area contributed by atoms with Gasteiger partial charge in [0, 0.05) is 66.0 Å². The quantitative estimate of drug-likeness (QED) is 0.324. The lowest BCUT2D eigenvalue weighted by molar-refractivity contribution is 0.0115. The average molecular weight is 523 g/mol. The van der Waals surface area contributed by atoms with Crippen molar-refractivity contribution < 1.29 is 8.78 Å². The molecule has 0 aliphatic carbocycles. The van der Waals surface area contributed by atoms with Gasteiger partial charge in [-0.3, -0.25) is 20.0 Å². The number of allylic oxidation sites excluding steroid dienone is 1. The molecule has 4 aromatic heterocycles. The molecule has 0 amide bonds. The fraction of sp³-hybridized carbons (Fsp3) is 0.194. The van der Waals surface area contributed by atoms with Crippen molar-refractivity contribution in [1.29, 1.82) is 0 Å². The number of likely N-dealkylation sites (tertiary alicyclic amines) is 1. The Labute approximate surface area is 224 Å². The number of hydrogen-bond donors (Lipinski definition) is 2. The van der Waals surface area contributed by atoms with E-state index in [2.05, 4.69) is 43.9 Å². The fourth-order valence-electron chi connectivity index (χ4n) is 5.20. The maximum absolute atomic E-state index is 13.6. The lowest BCUT2D eigenvalue weighted by atomic mass is 10.0. The molecule has 0 radical (unpaired) electrons. The third kappa shape index (κ3) is 5.03. The second kappa shape index (κ2) is 10.0. The number of alkyl halides is 2. The number of hydrogen-bond acceptors (Lipinski definition) is 4. The highest BCUT2D eigenvalue weighted by molar-refractivity contribution is 5.98. The third-order valence-corrected chi connectivity index (χ3v) is 7.15. The van der Waals surface area contributed by atoms with E-state index >= 15 is 0 Å². The highest BCUT2D eigenvalue weighted by Gasteiger charge is 2.37. The van der Waals surface area contributed by atoms with Crippen LogP contribution in [0.4, 0.5) is 8.78 Å². The van der Waals surface area contributed by atoms with Gasteiger partial charge in [-0.25, -0.2) is 8.78 Å². The molecule has 1 aromatic carbocycles.